The lowest BCUT2D eigenvalue weighted by molar-refractivity contribution is -0.139. The minimum absolute atomic E-state index is 0.203. The summed E-state index contributed by atoms with van der Waals surface area (Å²) in [5, 5.41) is 9.08. The molecule has 0 bridgehead atoms. The van der Waals surface area contributed by atoms with Crippen LogP contribution in [0.15, 0.2) is 17.4 Å². The highest BCUT2D eigenvalue weighted by Crippen LogP contribution is 2.13. The molecule has 0 radical (unpaired) electrons. The van der Waals surface area contributed by atoms with Crippen LogP contribution in [0.5, 0.6) is 0 Å². The van der Waals surface area contributed by atoms with Gasteiger partial charge in [0.25, 0.3) is 0 Å². The molecule has 15 heavy (non-hydrogen) atoms. The van der Waals surface area contributed by atoms with E-state index in [2.05, 4.69) is 9.97 Å². The Morgan fingerprint density at radius 3 is 2.93 bits per heavy atom. The molecule has 0 N–H and O–H groups in total. The standard InChI is InChI=1S/C9H9N3O2S/c1-2-14-9(13)6-15-8-5-11-7(3-10)4-12-8/h4-5H,2,6H2,1H3. The first kappa shape index (κ1) is 11.5. The van der Waals surface area contributed by atoms with E-state index in [4.69, 9.17) is 10.00 Å². The quantitative estimate of drug-likeness (QED) is 0.560. The zero-order valence-electron chi connectivity index (χ0n) is 8.14. The third kappa shape index (κ3) is 3.95. The maximum absolute atomic E-state index is 11.0. The van der Waals surface area contributed by atoms with Crippen molar-refractivity contribution in [2.45, 2.75) is 11.9 Å². The Morgan fingerprint density at radius 2 is 2.40 bits per heavy atom. The van der Waals surface area contributed by atoms with Crippen LogP contribution in [-0.2, 0) is 9.53 Å². The summed E-state index contributed by atoms with van der Waals surface area (Å²) in [4.78, 5) is 18.8. The van der Waals surface area contributed by atoms with Gasteiger partial charge < -0.3 is 4.74 Å². The molecule has 78 valence electrons. The first-order valence-electron chi connectivity index (χ1n) is 4.26. The molecule has 0 aliphatic rings. The van der Waals surface area contributed by atoms with Crippen molar-refractivity contribution >= 4 is 17.7 Å². The number of ether oxygens (including phenoxy) is 1. The van der Waals surface area contributed by atoms with Gasteiger partial charge in [0.2, 0.25) is 0 Å². The summed E-state index contributed by atoms with van der Waals surface area (Å²) in [6.45, 7) is 2.13. The molecule has 0 amide bonds. The fourth-order valence-corrected chi connectivity index (χ4v) is 1.39. The average molecular weight is 223 g/mol. The molecule has 0 saturated heterocycles. The number of hydrogen-bond acceptors (Lipinski definition) is 6. The molecule has 1 aromatic heterocycles. The zero-order chi connectivity index (χ0) is 11.1. The molecule has 6 heteroatoms. The predicted molar refractivity (Wildman–Crippen MR) is 54.1 cm³/mol. The highest BCUT2D eigenvalue weighted by Gasteiger charge is 2.04. The van der Waals surface area contributed by atoms with Crippen molar-refractivity contribution in [2.75, 3.05) is 12.4 Å². The smallest absolute Gasteiger partial charge is 0.316 e. The normalized spacial score (nSPS) is 9.33. The van der Waals surface area contributed by atoms with Crippen molar-refractivity contribution in [3.8, 4) is 6.07 Å². The molecule has 0 aromatic carbocycles. The largest absolute Gasteiger partial charge is 0.465 e. The summed E-state index contributed by atoms with van der Waals surface area (Å²) in [5.74, 6) is -0.0809. The number of carbonyl (C=O) groups excluding carboxylic acids is 1. The number of esters is 1. The molecular formula is C9H9N3O2S. The van der Waals surface area contributed by atoms with E-state index in [1.54, 1.807) is 6.92 Å². The maximum atomic E-state index is 11.0. The molecule has 0 unspecified atom stereocenters. The van der Waals surface area contributed by atoms with Crippen LogP contribution >= 0.6 is 11.8 Å². The molecule has 0 saturated carbocycles. The predicted octanol–water partition coefficient (Wildman–Crippen LogP) is 1.00. The van der Waals surface area contributed by atoms with Crippen molar-refractivity contribution in [1.82, 2.24) is 9.97 Å². The van der Waals surface area contributed by atoms with Gasteiger partial charge in [0.1, 0.15) is 11.1 Å². The van der Waals surface area contributed by atoms with E-state index in [0.717, 1.165) is 0 Å². The first-order chi connectivity index (χ1) is 7.26. The van der Waals surface area contributed by atoms with Crippen molar-refractivity contribution in [2.24, 2.45) is 0 Å². The Kier molecular flexibility index (Phi) is 4.57. The van der Waals surface area contributed by atoms with Crippen molar-refractivity contribution in [1.29, 1.82) is 5.26 Å². The lowest BCUT2D eigenvalue weighted by Crippen LogP contribution is -2.06. The van der Waals surface area contributed by atoms with Crippen LogP contribution in [-0.4, -0.2) is 28.3 Å². The van der Waals surface area contributed by atoms with Crippen LogP contribution in [0.3, 0.4) is 0 Å². The maximum Gasteiger partial charge on any atom is 0.316 e. The summed E-state index contributed by atoms with van der Waals surface area (Å²) in [6.07, 6.45) is 2.83. The van der Waals surface area contributed by atoms with Gasteiger partial charge in [0.05, 0.1) is 24.8 Å². The van der Waals surface area contributed by atoms with Crippen LogP contribution < -0.4 is 0 Å². The van der Waals surface area contributed by atoms with Crippen LogP contribution in [0.1, 0.15) is 12.6 Å². The Morgan fingerprint density at radius 1 is 1.60 bits per heavy atom. The highest BCUT2D eigenvalue weighted by atomic mass is 32.2. The van der Waals surface area contributed by atoms with Crippen LogP contribution in [0.25, 0.3) is 0 Å². The van der Waals surface area contributed by atoms with Crippen molar-refractivity contribution in [3.05, 3.63) is 18.1 Å². The number of hydrogen-bond donors (Lipinski definition) is 0. The minimum atomic E-state index is -0.284. The lowest BCUT2D eigenvalue weighted by atomic mass is 10.5. The monoisotopic (exact) mass is 223 g/mol. The Labute approximate surface area is 91.5 Å². The second-order valence-electron chi connectivity index (χ2n) is 2.45. The van der Waals surface area contributed by atoms with E-state index in [1.165, 1.54) is 24.2 Å². The summed E-state index contributed by atoms with van der Waals surface area (Å²) in [7, 11) is 0. The highest BCUT2D eigenvalue weighted by molar-refractivity contribution is 7.99. The van der Waals surface area contributed by atoms with E-state index in [0.29, 0.717) is 11.6 Å². The SMILES string of the molecule is CCOC(=O)CSc1cnc(C#N)cn1. The van der Waals surface area contributed by atoms with Gasteiger partial charge in [-0.05, 0) is 6.92 Å². The van der Waals surface area contributed by atoms with Gasteiger partial charge in [-0.15, -0.1) is 0 Å². The fourth-order valence-electron chi connectivity index (χ4n) is 0.784. The van der Waals surface area contributed by atoms with Gasteiger partial charge in [-0.1, -0.05) is 11.8 Å². The number of rotatable bonds is 4. The number of thioether (sulfide) groups is 1. The van der Waals surface area contributed by atoms with Crippen LogP contribution in [0.2, 0.25) is 0 Å². The molecular weight excluding hydrogens is 214 g/mol. The summed E-state index contributed by atoms with van der Waals surface area (Å²) in [5.41, 5.74) is 0.260. The number of nitriles is 1. The second kappa shape index (κ2) is 5.98. The molecule has 0 spiro atoms. The van der Waals surface area contributed by atoms with E-state index >= 15 is 0 Å². The Hall–Kier alpha value is -1.61. The minimum Gasteiger partial charge on any atom is -0.465 e. The van der Waals surface area contributed by atoms with E-state index in [9.17, 15) is 4.79 Å². The van der Waals surface area contributed by atoms with Crippen molar-refractivity contribution in [3.63, 3.8) is 0 Å². The van der Waals surface area contributed by atoms with Gasteiger partial charge in [-0.3, -0.25) is 4.79 Å². The fraction of sp³-hybridized carbons (Fsp3) is 0.333. The Bertz CT molecular complexity index is 372. The molecule has 0 fully saturated rings. The molecule has 0 atom stereocenters. The lowest BCUT2D eigenvalue weighted by Gasteiger charge is -2.00. The van der Waals surface area contributed by atoms with Gasteiger partial charge in [-0.2, -0.15) is 5.26 Å². The number of nitrogens with zero attached hydrogens (tertiary/aromatic N) is 3. The zero-order valence-corrected chi connectivity index (χ0v) is 8.95. The average Bonchev–Trinajstić information content (AvgIpc) is 2.27. The number of carbonyl (C=O) groups is 1. The van der Waals surface area contributed by atoms with Crippen molar-refractivity contribution < 1.29 is 9.53 Å². The molecule has 5 nitrogen and oxygen atoms in total. The van der Waals surface area contributed by atoms with Crippen LogP contribution in [0, 0.1) is 11.3 Å². The molecule has 1 aromatic rings. The topological polar surface area (TPSA) is 75.9 Å². The third-order valence-electron chi connectivity index (χ3n) is 1.39. The third-order valence-corrected chi connectivity index (χ3v) is 2.27. The summed E-state index contributed by atoms with van der Waals surface area (Å²) >= 11 is 1.23. The van der Waals surface area contributed by atoms with E-state index in [-0.39, 0.29) is 17.4 Å². The summed E-state index contributed by atoms with van der Waals surface area (Å²) < 4.78 is 4.75. The first-order valence-corrected chi connectivity index (χ1v) is 5.25. The van der Waals surface area contributed by atoms with Gasteiger partial charge in [-0.25, -0.2) is 9.97 Å². The molecule has 1 rings (SSSR count). The summed E-state index contributed by atoms with van der Waals surface area (Å²) in [6, 6.07) is 1.86. The van der Waals surface area contributed by atoms with Gasteiger partial charge in [0, 0.05) is 0 Å². The molecule has 0 aliphatic heterocycles. The molecule has 1 heterocycles. The molecule has 0 aliphatic carbocycles. The van der Waals surface area contributed by atoms with Gasteiger partial charge >= 0.3 is 5.97 Å². The van der Waals surface area contributed by atoms with Crippen LogP contribution in [0.4, 0.5) is 0 Å². The Balaban J connectivity index is 2.45. The van der Waals surface area contributed by atoms with E-state index in [1.807, 2.05) is 6.07 Å². The van der Waals surface area contributed by atoms with E-state index < -0.39 is 0 Å². The van der Waals surface area contributed by atoms with Gasteiger partial charge in [0.15, 0.2) is 5.69 Å². The second-order valence-corrected chi connectivity index (χ2v) is 3.44. The number of aromatic nitrogens is 2.